The van der Waals surface area contributed by atoms with E-state index < -0.39 is 0 Å². The standard InChI is InChI=1S/C23H28N2O5/c1-28-7-8-29-21-10-17(9-20(26)12-21)23(27)24-18-11-19-15-30-22(14-25(19)13-18)16-5-3-2-4-6-16/h2-6,9-10,12,18-19,22,26H,7-8,11,13-15H2,1H3,(H,24,27)/t18-,19-,22+/m0/s1. The van der Waals surface area contributed by atoms with Gasteiger partial charge in [0.15, 0.2) is 0 Å². The van der Waals surface area contributed by atoms with Gasteiger partial charge in [-0.05, 0) is 24.1 Å². The Balaban J connectivity index is 1.35. The predicted octanol–water partition coefficient (Wildman–Crippen LogP) is 2.36. The van der Waals surface area contributed by atoms with Crippen LogP contribution in [0.15, 0.2) is 48.5 Å². The number of hydrogen-bond donors (Lipinski definition) is 2. The van der Waals surface area contributed by atoms with E-state index in [0.717, 1.165) is 19.5 Å². The molecule has 2 aromatic rings. The minimum Gasteiger partial charge on any atom is -0.508 e. The summed E-state index contributed by atoms with van der Waals surface area (Å²) in [6, 6.07) is 15.2. The molecule has 0 bridgehead atoms. The van der Waals surface area contributed by atoms with Gasteiger partial charge in [-0.2, -0.15) is 0 Å². The molecule has 1 amide bonds. The number of hydrogen-bond acceptors (Lipinski definition) is 6. The summed E-state index contributed by atoms with van der Waals surface area (Å²) in [6.07, 6.45) is 0.915. The number of carbonyl (C=O) groups is 1. The van der Waals surface area contributed by atoms with E-state index in [2.05, 4.69) is 22.3 Å². The summed E-state index contributed by atoms with van der Waals surface area (Å²) in [7, 11) is 1.59. The normalized spacial score (nSPS) is 23.7. The first-order valence-corrected chi connectivity index (χ1v) is 10.3. The number of methoxy groups -OCH3 is 1. The summed E-state index contributed by atoms with van der Waals surface area (Å²) < 4.78 is 16.6. The molecule has 0 spiro atoms. The molecule has 0 unspecified atom stereocenters. The van der Waals surface area contributed by atoms with E-state index >= 15 is 0 Å². The van der Waals surface area contributed by atoms with E-state index in [4.69, 9.17) is 14.2 Å². The van der Waals surface area contributed by atoms with Gasteiger partial charge in [0.1, 0.15) is 18.1 Å². The molecular weight excluding hydrogens is 384 g/mol. The largest absolute Gasteiger partial charge is 0.508 e. The first-order chi connectivity index (χ1) is 14.6. The number of nitrogens with zero attached hydrogens (tertiary/aromatic N) is 1. The highest BCUT2D eigenvalue weighted by Crippen LogP contribution is 2.30. The summed E-state index contributed by atoms with van der Waals surface area (Å²) in [5.74, 6) is 0.228. The lowest BCUT2D eigenvalue weighted by Crippen LogP contribution is -2.43. The summed E-state index contributed by atoms with van der Waals surface area (Å²) >= 11 is 0. The Hall–Kier alpha value is -2.61. The highest BCUT2D eigenvalue weighted by Gasteiger charge is 2.38. The van der Waals surface area contributed by atoms with Crippen LogP contribution in [0.2, 0.25) is 0 Å². The molecule has 7 nitrogen and oxygen atoms in total. The molecule has 2 aromatic carbocycles. The molecule has 0 aliphatic carbocycles. The minimum absolute atomic E-state index is 0.00184. The van der Waals surface area contributed by atoms with Crippen LogP contribution < -0.4 is 10.1 Å². The minimum atomic E-state index is -0.215. The highest BCUT2D eigenvalue weighted by molar-refractivity contribution is 5.95. The number of phenolic OH excluding ortho intramolecular Hbond substituents is 1. The van der Waals surface area contributed by atoms with Crippen molar-refractivity contribution in [3.63, 3.8) is 0 Å². The smallest absolute Gasteiger partial charge is 0.251 e. The van der Waals surface area contributed by atoms with Crippen LogP contribution in [0.25, 0.3) is 0 Å². The Labute approximate surface area is 176 Å². The SMILES string of the molecule is COCCOc1cc(O)cc(C(=O)N[C@H]2C[C@H]3CO[C@@H](c4ccccc4)CN3C2)c1. The van der Waals surface area contributed by atoms with Crippen molar-refractivity contribution in [2.24, 2.45) is 0 Å². The number of ether oxygens (including phenoxy) is 3. The Morgan fingerprint density at radius 1 is 1.20 bits per heavy atom. The monoisotopic (exact) mass is 412 g/mol. The second-order valence-corrected chi connectivity index (χ2v) is 7.80. The Morgan fingerprint density at radius 2 is 2.03 bits per heavy atom. The van der Waals surface area contributed by atoms with Crippen LogP contribution in [0, 0.1) is 0 Å². The van der Waals surface area contributed by atoms with Crippen molar-refractivity contribution in [2.75, 3.05) is 40.0 Å². The molecule has 0 aromatic heterocycles. The average Bonchev–Trinajstić information content (AvgIpc) is 3.15. The second-order valence-electron chi connectivity index (χ2n) is 7.80. The van der Waals surface area contributed by atoms with Crippen LogP contribution in [0.4, 0.5) is 0 Å². The van der Waals surface area contributed by atoms with Gasteiger partial charge in [0.05, 0.1) is 19.3 Å². The number of carbonyl (C=O) groups excluding carboxylic acids is 1. The molecule has 2 aliphatic rings. The molecule has 30 heavy (non-hydrogen) atoms. The zero-order valence-electron chi connectivity index (χ0n) is 17.1. The zero-order valence-corrected chi connectivity index (χ0v) is 17.1. The molecule has 2 fully saturated rings. The van der Waals surface area contributed by atoms with Gasteiger partial charge in [0.2, 0.25) is 0 Å². The second kappa shape index (κ2) is 9.47. The third-order valence-corrected chi connectivity index (χ3v) is 5.63. The van der Waals surface area contributed by atoms with E-state index in [1.54, 1.807) is 13.2 Å². The van der Waals surface area contributed by atoms with Gasteiger partial charge in [0.25, 0.3) is 5.91 Å². The molecule has 0 radical (unpaired) electrons. The van der Waals surface area contributed by atoms with Crippen LogP contribution in [-0.4, -0.2) is 68.0 Å². The van der Waals surface area contributed by atoms with Crippen molar-refractivity contribution < 1.29 is 24.1 Å². The number of fused-ring (bicyclic) bond motifs is 1. The maximum Gasteiger partial charge on any atom is 0.251 e. The molecule has 7 heteroatoms. The number of amides is 1. The Bertz CT molecular complexity index is 860. The molecule has 3 atom stereocenters. The molecule has 4 rings (SSSR count). The van der Waals surface area contributed by atoms with Crippen molar-refractivity contribution in [1.82, 2.24) is 10.2 Å². The molecule has 2 heterocycles. The van der Waals surface area contributed by atoms with Crippen LogP contribution >= 0.6 is 0 Å². The first-order valence-electron chi connectivity index (χ1n) is 10.3. The summed E-state index contributed by atoms with van der Waals surface area (Å²) in [5, 5.41) is 13.1. The molecular formula is C23H28N2O5. The molecule has 2 saturated heterocycles. The quantitative estimate of drug-likeness (QED) is 0.680. The van der Waals surface area contributed by atoms with Gasteiger partial charge in [-0.15, -0.1) is 0 Å². The lowest BCUT2D eigenvalue weighted by molar-refractivity contribution is -0.0502. The number of nitrogens with one attached hydrogen (secondary N) is 1. The first kappa shape index (κ1) is 20.7. The van der Waals surface area contributed by atoms with Crippen molar-refractivity contribution >= 4 is 5.91 Å². The van der Waals surface area contributed by atoms with Crippen LogP contribution in [0.1, 0.15) is 28.4 Å². The molecule has 160 valence electrons. The van der Waals surface area contributed by atoms with Crippen molar-refractivity contribution in [2.45, 2.75) is 24.6 Å². The summed E-state index contributed by atoms with van der Waals surface area (Å²) in [5.41, 5.74) is 1.56. The van der Waals surface area contributed by atoms with Gasteiger partial charge in [-0.1, -0.05) is 30.3 Å². The third kappa shape index (κ3) is 4.92. The average molecular weight is 412 g/mol. The van der Waals surface area contributed by atoms with E-state index in [1.165, 1.54) is 17.7 Å². The lowest BCUT2D eigenvalue weighted by Gasteiger charge is -2.35. The van der Waals surface area contributed by atoms with Crippen LogP contribution in [-0.2, 0) is 9.47 Å². The van der Waals surface area contributed by atoms with E-state index in [0.29, 0.717) is 37.2 Å². The lowest BCUT2D eigenvalue weighted by atomic mass is 10.1. The predicted molar refractivity (Wildman–Crippen MR) is 112 cm³/mol. The van der Waals surface area contributed by atoms with E-state index in [-0.39, 0.29) is 23.8 Å². The summed E-state index contributed by atoms with van der Waals surface area (Å²) in [6.45, 7) is 3.06. The number of phenols is 1. The molecule has 2 aliphatic heterocycles. The zero-order chi connectivity index (χ0) is 20.9. The number of benzene rings is 2. The topological polar surface area (TPSA) is 80.3 Å². The van der Waals surface area contributed by atoms with E-state index in [9.17, 15) is 9.90 Å². The van der Waals surface area contributed by atoms with Crippen molar-refractivity contribution in [3.8, 4) is 11.5 Å². The van der Waals surface area contributed by atoms with Crippen LogP contribution in [0.3, 0.4) is 0 Å². The highest BCUT2D eigenvalue weighted by atomic mass is 16.5. The van der Waals surface area contributed by atoms with Gasteiger partial charge >= 0.3 is 0 Å². The van der Waals surface area contributed by atoms with Gasteiger partial charge in [-0.25, -0.2) is 0 Å². The van der Waals surface area contributed by atoms with Gasteiger partial charge < -0.3 is 24.6 Å². The fourth-order valence-electron chi connectivity index (χ4n) is 4.16. The third-order valence-electron chi connectivity index (χ3n) is 5.63. The fourth-order valence-corrected chi connectivity index (χ4v) is 4.16. The Morgan fingerprint density at radius 3 is 2.83 bits per heavy atom. The van der Waals surface area contributed by atoms with Crippen molar-refractivity contribution in [1.29, 1.82) is 0 Å². The molecule has 2 N–H and O–H groups in total. The maximum absolute atomic E-state index is 12.8. The van der Waals surface area contributed by atoms with Crippen LogP contribution in [0.5, 0.6) is 11.5 Å². The Kier molecular flexibility index (Phi) is 6.52. The maximum atomic E-state index is 12.8. The van der Waals surface area contributed by atoms with Gasteiger partial charge in [0, 0.05) is 43.9 Å². The summed E-state index contributed by atoms with van der Waals surface area (Å²) in [4.78, 5) is 15.2. The van der Waals surface area contributed by atoms with Crippen molar-refractivity contribution in [3.05, 3.63) is 59.7 Å². The number of rotatable bonds is 7. The number of morpholine rings is 1. The van der Waals surface area contributed by atoms with E-state index in [1.807, 2.05) is 18.2 Å². The van der Waals surface area contributed by atoms with Gasteiger partial charge in [-0.3, -0.25) is 9.69 Å². The molecule has 0 saturated carbocycles. The number of aromatic hydroxyl groups is 1. The fraction of sp³-hybridized carbons (Fsp3) is 0.435.